The van der Waals surface area contributed by atoms with Crippen molar-refractivity contribution in [2.75, 3.05) is 0 Å². The number of nitrogens with zero attached hydrogens (tertiary/aromatic N) is 1. The summed E-state index contributed by atoms with van der Waals surface area (Å²) in [5, 5.41) is 0. The van der Waals surface area contributed by atoms with E-state index in [1.54, 1.807) is 6.20 Å². The van der Waals surface area contributed by atoms with Crippen LogP contribution in [0.25, 0.3) is 0 Å². The molecule has 3 heteroatoms. The quantitative estimate of drug-likeness (QED) is 0.285. The number of carbonyl (C=O) groups is 1. The first-order chi connectivity index (χ1) is 10.8. The molecule has 0 atom stereocenters. The Morgan fingerprint density at radius 2 is 1.50 bits per heavy atom. The highest BCUT2D eigenvalue weighted by atomic mass is 79.9. The number of Topliss-reactive ketones (excluding diaryl/α,β-unsaturated/α-hetero) is 1. The number of pyridine rings is 1. The molecule has 0 saturated heterocycles. The number of rotatable bonds is 13. The van der Waals surface area contributed by atoms with E-state index in [2.05, 4.69) is 27.8 Å². The van der Waals surface area contributed by atoms with Gasteiger partial charge in [0.25, 0.3) is 0 Å². The van der Waals surface area contributed by atoms with E-state index in [4.69, 9.17) is 0 Å². The van der Waals surface area contributed by atoms with Gasteiger partial charge in [-0.05, 0) is 34.5 Å². The molecular weight excluding hydrogens is 338 g/mol. The van der Waals surface area contributed by atoms with Gasteiger partial charge in [-0.2, -0.15) is 0 Å². The van der Waals surface area contributed by atoms with Crippen LogP contribution in [0.2, 0.25) is 0 Å². The number of unbranched alkanes of at least 4 members (excludes halogenated alkanes) is 10. The zero-order valence-electron chi connectivity index (χ0n) is 14.0. The monoisotopic (exact) mass is 367 g/mol. The summed E-state index contributed by atoms with van der Waals surface area (Å²) in [5.74, 6) is 0.156. The van der Waals surface area contributed by atoms with E-state index in [9.17, 15) is 4.79 Å². The topological polar surface area (TPSA) is 30.0 Å². The van der Waals surface area contributed by atoms with Crippen molar-refractivity contribution in [3.8, 4) is 0 Å². The first-order valence-corrected chi connectivity index (χ1v) is 9.68. The fourth-order valence-corrected chi connectivity index (χ4v) is 3.14. The van der Waals surface area contributed by atoms with Crippen molar-refractivity contribution in [3.05, 3.63) is 28.5 Å². The molecule has 0 spiro atoms. The second-order valence-electron chi connectivity index (χ2n) is 6.04. The second kappa shape index (κ2) is 12.8. The summed E-state index contributed by atoms with van der Waals surface area (Å²) in [4.78, 5) is 16.2. The Hall–Kier alpha value is -0.700. The smallest absolute Gasteiger partial charge is 0.182 e. The standard InChI is InChI=1S/C19H30BrNO/c1-2-3-4-5-6-7-8-9-10-11-12-15-18(22)19-17(20)14-13-16-21-19/h13-14,16H,2-12,15H2,1H3. The van der Waals surface area contributed by atoms with Crippen molar-refractivity contribution in [2.24, 2.45) is 0 Å². The SMILES string of the molecule is CCCCCCCCCCCCCC(=O)c1ncccc1Br. The zero-order chi connectivity index (χ0) is 16.0. The molecule has 0 unspecified atom stereocenters. The molecule has 0 radical (unpaired) electrons. The fourth-order valence-electron chi connectivity index (χ4n) is 2.66. The molecule has 1 heterocycles. The number of hydrogen-bond acceptors (Lipinski definition) is 2. The molecule has 0 amide bonds. The minimum absolute atomic E-state index is 0.156. The number of carbonyl (C=O) groups excluding carboxylic acids is 1. The normalized spacial score (nSPS) is 10.8. The molecule has 1 aromatic heterocycles. The Kier molecular flexibility index (Phi) is 11.3. The van der Waals surface area contributed by atoms with Crippen molar-refractivity contribution in [3.63, 3.8) is 0 Å². The number of halogens is 1. The maximum absolute atomic E-state index is 12.0. The summed E-state index contributed by atoms with van der Waals surface area (Å²) in [6.07, 6.45) is 16.7. The summed E-state index contributed by atoms with van der Waals surface area (Å²) < 4.78 is 0.808. The number of hydrogen-bond donors (Lipinski definition) is 0. The lowest BCUT2D eigenvalue weighted by Crippen LogP contribution is -2.02. The van der Waals surface area contributed by atoms with Gasteiger partial charge in [0, 0.05) is 17.1 Å². The third kappa shape index (κ3) is 8.67. The minimum atomic E-state index is 0.156. The first kappa shape index (κ1) is 19.3. The Morgan fingerprint density at radius 1 is 0.955 bits per heavy atom. The predicted octanol–water partition coefficient (Wildman–Crippen LogP) is 6.73. The maximum Gasteiger partial charge on any atom is 0.182 e. The van der Waals surface area contributed by atoms with Crippen molar-refractivity contribution in [1.82, 2.24) is 4.98 Å². The lowest BCUT2D eigenvalue weighted by Gasteiger charge is -2.03. The predicted molar refractivity (Wildman–Crippen MR) is 97.3 cm³/mol. The highest BCUT2D eigenvalue weighted by Gasteiger charge is 2.10. The molecule has 0 N–H and O–H groups in total. The average Bonchev–Trinajstić information content (AvgIpc) is 2.53. The summed E-state index contributed by atoms with van der Waals surface area (Å²) in [7, 11) is 0. The minimum Gasteiger partial charge on any atom is -0.292 e. The van der Waals surface area contributed by atoms with E-state index in [1.165, 1.54) is 57.8 Å². The van der Waals surface area contributed by atoms with Gasteiger partial charge in [-0.25, -0.2) is 0 Å². The van der Waals surface area contributed by atoms with E-state index in [-0.39, 0.29) is 5.78 Å². The van der Waals surface area contributed by atoms with Gasteiger partial charge in [-0.3, -0.25) is 9.78 Å². The van der Waals surface area contributed by atoms with Crippen LogP contribution in [0.3, 0.4) is 0 Å². The van der Waals surface area contributed by atoms with Crippen LogP contribution in [0.15, 0.2) is 22.8 Å². The first-order valence-electron chi connectivity index (χ1n) is 8.89. The summed E-state index contributed by atoms with van der Waals surface area (Å²) in [5.41, 5.74) is 0.578. The zero-order valence-corrected chi connectivity index (χ0v) is 15.5. The van der Waals surface area contributed by atoms with Crippen LogP contribution in [-0.2, 0) is 0 Å². The van der Waals surface area contributed by atoms with Crippen molar-refractivity contribution in [1.29, 1.82) is 0 Å². The number of ketones is 1. The summed E-state index contributed by atoms with van der Waals surface area (Å²) in [6.45, 7) is 2.26. The molecule has 1 rings (SSSR count). The molecule has 124 valence electrons. The van der Waals surface area contributed by atoms with Gasteiger partial charge in [-0.1, -0.05) is 71.1 Å². The van der Waals surface area contributed by atoms with Gasteiger partial charge in [0.05, 0.1) is 0 Å². The van der Waals surface area contributed by atoms with Crippen LogP contribution in [0.1, 0.15) is 94.5 Å². The Balaban J connectivity index is 1.95. The van der Waals surface area contributed by atoms with Crippen molar-refractivity contribution >= 4 is 21.7 Å². The van der Waals surface area contributed by atoms with Gasteiger partial charge >= 0.3 is 0 Å². The summed E-state index contributed by atoms with van der Waals surface area (Å²) in [6, 6.07) is 3.71. The van der Waals surface area contributed by atoms with E-state index in [0.29, 0.717) is 12.1 Å². The Labute approximate surface area is 144 Å². The lowest BCUT2D eigenvalue weighted by molar-refractivity contribution is 0.0973. The molecule has 0 aromatic carbocycles. The van der Waals surface area contributed by atoms with Gasteiger partial charge < -0.3 is 0 Å². The molecule has 0 saturated carbocycles. The van der Waals surface area contributed by atoms with Gasteiger partial charge in [-0.15, -0.1) is 0 Å². The van der Waals surface area contributed by atoms with Crippen LogP contribution in [0, 0.1) is 0 Å². The van der Waals surface area contributed by atoms with Crippen LogP contribution in [0.5, 0.6) is 0 Å². The summed E-state index contributed by atoms with van der Waals surface area (Å²) >= 11 is 3.39. The van der Waals surface area contributed by atoms with E-state index >= 15 is 0 Å². The van der Waals surface area contributed by atoms with Gasteiger partial charge in [0.2, 0.25) is 0 Å². The average molecular weight is 368 g/mol. The Morgan fingerprint density at radius 3 is 2.05 bits per heavy atom. The van der Waals surface area contributed by atoms with Crippen LogP contribution in [-0.4, -0.2) is 10.8 Å². The molecule has 0 aliphatic heterocycles. The van der Waals surface area contributed by atoms with E-state index in [1.807, 2.05) is 12.1 Å². The van der Waals surface area contributed by atoms with Crippen molar-refractivity contribution < 1.29 is 4.79 Å². The van der Waals surface area contributed by atoms with E-state index < -0.39 is 0 Å². The molecule has 0 aliphatic rings. The number of aromatic nitrogens is 1. The highest BCUT2D eigenvalue weighted by molar-refractivity contribution is 9.10. The third-order valence-electron chi connectivity index (χ3n) is 4.03. The largest absolute Gasteiger partial charge is 0.292 e. The molecule has 22 heavy (non-hydrogen) atoms. The molecular formula is C19H30BrNO. The molecule has 0 bridgehead atoms. The molecule has 0 fully saturated rings. The molecule has 1 aromatic rings. The van der Waals surface area contributed by atoms with Gasteiger partial charge in [0.15, 0.2) is 5.78 Å². The van der Waals surface area contributed by atoms with E-state index in [0.717, 1.165) is 17.3 Å². The fraction of sp³-hybridized carbons (Fsp3) is 0.684. The lowest BCUT2D eigenvalue weighted by atomic mass is 10.0. The third-order valence-corrected chi connectivity index (χ3v) is 4.67. The molecule has 0 aliphatic carbocycles. The van der Waals surface area contributed by atoms with Crippen LogP contribution >= 0.6 is 15.9 Å². The van der Waals surface area contributed by atoms with Crippen molar-refractivity contribution in [2.45, 2.75) is 84.0 Å². The maximum atomic E-state index is 12.0. The second-order valence-corrected chi connectivity index (χ2v) is 6.90. The molecule has 2 nitrogen and oxygen atoms in total. The van der Waals surface area contributed by atoms with Gasteiger partial charge in [0.1, 0.15) is 5.69 Å². The van der Waals surface area contributed by atoms with Crippen LogP contribution in [0.4, 0.5) is 0 Å². The van der Waals surface area contributed by atoms with Crippen LogP contribution < -0.4 is 0 Å². The highest BCUT2D eigenvalue weighted by Crippen LogP contribution is 2.17. The Bertz CT molecular complexity index is 420.